The van der Waals surface area contributed by atoms with Gasteiger partial charge in [-0.1, -0.05) is 15.9 Å². The minimum atomic E-state index is -0.449. The summed E-state index contributed by atoms with van der Waals surface area (Å²) >= 11 is 3.54. The van der Waals surface area contributed by atoms with Crippen LogP contribution in [0.1, 0.15) is 40.5 Å². The number of likely N-dealkylation sites (tertiary alicyclic amines) is 1. The summed E-state index contributed by atoms with van der Waals surface area (Å²) in [6.45, 7) is 10.9. The first-order valence-electron chi connectivity index (χ1n) is 7.57. The molecule has 1 aliphatic rings. The van der Waals surface area contributed by atoms with E-state index in [1.165, 1.54) is 0 Å². The van der Waals surface area contributed by atoms with Gasteiger partial charge >= 0.3 is 6.09 Å². The number of hydrogen-bond donors (Lipinski definition) is 0. The molecule has 124 valence electrons. The van der Waals surface area contributed by atoms with Gasteiger partial charge in [-0.2, -0.15) is 0 Å². The maximum Gasteiger partial charge on any atom is 0.410 e. The number of carbonyl (C=O) groups excluding carboxylic acids is 1. The Morgan fingerprint density at radius 1 is 1.24 bits per heavy atom. The van der Waals surface area contributed by atoms with Gasteiger partial charge in [-0.15, -0.1) is 0 Å². The molecule has 0 aliphatic carbocycles. The molecule has 1 heterocycles. The van der Waals surface area contributed by atoms with Crippen molar-refractivity contribution in [3.63, 3.8) is 0 Å². The minimum Gasteiger partial charge on any atom is -0.444 e. The van der Waals surface area contributed by atoms with Gasteiger partial charge < -0.3 is 19.1 Å². The monoisotopic (exact) mass is 365 g/mol. The number of hydrogen-bond acceptors (Lipinski definition) is 4. The topological polar surface area (TPSA) is 48.0 Å². The Morgan fingerprint density at radius 2 is 1.86 bits per heavy atom. The van der Waals surface area contributed by atoms with Gasteiger partial charge in [0, 0.05) is 25.0 Å². The normalized spacial score (nSPS) is 18.6. The van der Waals surface area contributed by atoms with Crippen LogP contribution in [0.25, 0.3) is 0 Å². The summed E-state index contributed by atoms with van der Waals surface area (Å²) in [6.07, 6.45) is 1.38. The van der Waals surface area contributed by atoms with E-state index in [-0.39, 0.29) is 11.7 Å². The molecule has 0 atom stereocenters. The van der Waals surface area contributed by atoms with Gasteiger partial charge in [0.15, 0.2) is 0 Å². The van der Waals surface area contributed by atoms with Crippen LogP contribution in [0, 0.1) is 0 Å². The van der Waals surface area contributed by atoms with Gasteiger partial charge in [-0.3, -0.25) is 0 Å². The van der Waals surface area contributed by atoms with Crippen molar-refractivity contribution in [2.45, 2.75) is 51.7 Å². The van der Waals surface area contributed by atoms with E-state index in [0.29, 0.717) is 32.9 Å². The fraction of sp³-hybridized carbons (Fsp3) is 0.933. The van der Waals surface area contributed by atoms with Gasteiger partial charge in [0.05, 0.1) is 18.8 Å². The van der Waals surface area contributed by atoms with E-state index in [1.54, 1.807) is 4.90 Å². The predicted octanol–water partition coefficient (Wildman–Crippen LogP) is 3.20. The Hall–Kier alpha value is -0.330. The largest absolute Gasteiger partial charge is 0.444 e. The number of piperidine rings is 1. The lowest BCUT2D eigenvalue weighted by atomic mass is 9.93. The third kappa shape index (κ3) is 6.53. The molecule has 1 amide bonds. The molecular weight excluding hydrogens is 338 g/mol. The Labute approximate surface area is 136 Å². The van der Waals surface area contributed by atoms with E-state index in [2.05, 4.69) is 15.9 Å². The van der Waals surface area contributed by atoms with E-state index in [1.807, 2.05) is 27.7 Å². The second kappa shape index (κ2) is 8.34. The lowest BCUT2D eigenvalue weighted by molar-refractivity contribution is -0.0834. The standard InChI is InChI=1S/C15H28BrNO4/c1-5-19-10-11-20-15(12-16)6-8-17(9-7-15)13(18)21-14(2,3)4/h5-12H2,1-4H3. The summed E-state index contributed by atoms with van der Waals surface area (Å²) in [5.41, 5.74) is -0.648. The highest BCUT2D eigenvalue weighted by atomic mass is 79.9. The molecule has 1 saturated heterocycles. The zero-order valence-corrected chi connectivity index (χ0v) is 15.2. The zero-order valence-electron chi connectivity index (χ0n) is 13.6. The van der Waals surface area contributed by atoms with Crippen LogP contribution in [0.4, 0.5) is 4.79 Å². The van der Waals surface area contributed by atoms with Crippen LogP contribution in [-0.2, 0) is 14.2 Å². The van der Waals surface area contributed by atoms with Crippen LogP contribution in [0.5, 0.6) is 0 Å². The first-order chi connectivity index (χ1) is 9.82. The molecule has 0 bridgehead atoms. The van der Waals surface area contributed by atoms with Crippen LogP contribution in [0.15, 0.2) is 0 Å². The molecule has 0 N–H and O–H groups in total. The highest BCUT2D eigenvalue weighted by Crippen LogP contribution is 2.29. The zero-order chi connectivity index (χ0) is 15.9. The lowest BCUT2D eigenvalue weighted by Crippen LogP contribution is -2.50. The molecule has 0 saturated carbocycles. The number of nitrogens with zero attached hydrogens (tertiary/aromatic N) is 1. The fourth-order valence-electron chi connectivity index (χ4n) is 2.20. The number of ether oxygens (including phenoxy) is 3. The summed E-state index contributed by atoms with van der Waals surface area (Å²) < 4.78 is 16.7. The first-order valence-corrected chi connectivity index (χ1v) is 8.70. The Kier molecular flexibility index (Phi) is 7.44. The number of amides is 1. The highest BCUT2D eigenvalue weighted by Gasteiger charge is 2.37. The van der Waals surface area contributed by atoms with E-state index in [4.69, 9.17) is 14.2 Å². The highest BCUT2D eigenvalue weighted by molar-refractivity contribution is 9.09. The third-order valence-electron chi connectivity index (χ3n) is 3.41. The molecule has 5 nitrogen and oxygen atoms in total. The first kappa shape index (κ1) is 18.7. The van der Waals surface area contributed by atoms with Crippen molar-refractivity contribution < 1.29 is 19.0 Å². The molecule has 0 unspecified atom stereocenters. The summed E-state index contributed by atoms with van der Waals surface area (Å²) in [7, 11) is 0. The van der Waals surface area contributed by atoms with Gasteiger partial charge in [0.2, 0.25) is 0 Å². The van der Waals surface area contributed by atoms with E-state index < -0.39 is 5.60 Å². The molecule has 0 aromatic rings. The van der Waals surface area contributed by atoms with Crippen molar-refractivity contribution in [1.82, 2.24) is 4.90 Å². The van der Waals surface area contributed by atoms with Crippen LogP contribution >= 0.6 is 15.9 Å². The Bertz CT molecular complexity index is 322. The molecule has 0 radical (unpaired) electrons. The molecule has 21 heavy (non-hydrogen) atoms. The summed E-state index contributed by atoms with van der Waals surface area (Å²) in [6, 6.07) is 0. The molecule has 6 heteroatoms. The van der Waals surface area contributed by atoms with E-state index in [9.17, 15) is 4.79 Å². The average Bonchev–Trinajstić information content (AvgIpc) is 2.42. The number of rotatable bonds is 6. The molecule has 0 aromatic heterocycles. The fourth-order valence-corrected chi connectivity index (χ4v) is 2.92. The second-order valence-electron chi connectivity index (χ2n) is 6.33. The number of carbonyl (C=O) groups is 1. The van der Waals surface area contributed by atoms with Crippen molar-refractivity contribution in [2.24, 2.45) is 0 Å². The SMILES string of the molecule is CCOCCOC1(CBr)CCN(C(=O)OC(C)(C)C)CC1. The summed E-state index contributed by atoms with van der Waals surface area (Å²) in [4.78, 5) is 13.8. The maximum atomic E-state index is 12.0. The second-order valence-corrected chi connectivity index (χ2v) is 6.89. The van der Waals surface area contributed by atoms with Crippen molar-refractivity contribution in [3.8, 4) is 0 Å². The maximum absolute atomic E-state index is 12.0. The molecule has 0 spiro atoms. The van der Waals surface area contributed by atoms with Crippen LogP contribution in [0.3, 0.4) is 0 Å². The minimum absolute atomic E-state index is 0.199. The molecule has 1 rings (SSSR count). The smallest absolute Gasteiger partial charge is 0.410 e. The van der Waals surface area contributed by atoms with Gasteiger partial charge in [0.1, 0.15) is 5.60 Å². The van der Waals surface area contributed by atoms with Crippen LogP contribution in [-0.4, -0.2) is 60.4 Å². The van der Waals surface area contributed by atoms with E-state index in [0.717, 1.165) is 18.2 Å². The molecular formula is C15H28BrNO4. The molecule has 1 fully saturated rings. The lowest BCUT2D eigenvalue weighted by Gasteiger charge is -2.40. The number of halogens is 1. The van der Waals surface area contributed by atoms with E-state index >= 15 is 0 Å². The van der Waals surface area contributed by atoms with Crippen LogP contribution in [0.2, 0.25) is 0 Å². The van der Waals surface area contributed by atoms with Gasteiger partial charge in [-0.05, 0) is 40.5 Å². The van der Waals surface area contributed by atoms with Crippen LogP contribution < -0.4 is 0 Å². The quantitative estimate of drug-likeness (QED) is 0.535. The van der Waals surface area contributed by atoms with Crippen molar-refractivity contribution in [3.05, 3.63) is 0 Å². The van der Waals surface area contributed by atoms with Gasteiger partial charge in [0.25, 0.3) is 0 Å². The van der Waals surface area contributed by atoms with Crippen molar-refractivity contribution >= 4 is 22.0 Å². The number of alkyl halides is 1. The third-order valence-corrected chi connectivity index (χ3v) is 4.43. The predicted molar refractivity (Wildman–Crippen MR) is 86.0 cm³/mol. The van der Waals surface area contributed by atoms with Crippen molar-refractivity contribution in [1.29, 1.82) is 0 Å². The molecule has 0 aromatic carbocycles. The summed E-state index contributed by atoms with van der Waals surface area (Å²) in [5.74, 6) is 0. The Balaban J connectivity index is 2.42. The Morgan fingerprint density at radius 3 is 2.33 bits per heavy atom. The summed E-state index contributed by atoms with van der Waals surface area (Å²) in [5, 5.41) is 0.772. The van der Waals surface area contributed by atoms with Crippen molar-refractivity contribution in [2.75, 3.05) is 38.2 Å². The van der Waals surface area contributed by atoms with Gasteiger partial charge in [-0.25, -0.2) is 4.79 Å². The molecule has 1 aliphatic heterocycles. The average molecular weight is 366 g/mol.